The summed E-state index contributed by atoms with van der Waals surface area (Å²) in [4.78, 5) is 30.5. The molecular formula is C22H25F4N7O2. The minimum absolute atomic E-state index is 0.0121. The molecule has 3 atom stereocenters. The summed E-state index contributed by atoms with van der Waals surface area (Å²) in [5.41, 5.74) is 5.22. The number of carbonyl (C=O) groups is 1. The Morgan fingerprint density at radius 1 is 1.26 bits per heavy atom. The van der Waals surface area contributed by atoms with Gasteiger partial charge in [0.15, 0.2) is 11.6 Å². The lowest BCUT2D eigenvalue weighted by atomic mass is 10.0. The van der Waals surface area contributed by atoms with E-state index in [1.54, 1.807) is 11.8 Å². The number of anilines is 1. The number of carbonyl (C=O) groups excluding carboxylic acids is 1. The molecule has 0 radical (unpaired) electrons. The van der Waals surface area contributed by atoms with Crippen molar-refractivity contribution in [3.05, 3.63) is 53.5 Å². The van der Waals surface area contributed by atoms with Crippen LogP contribution < -0.4 is 11.1 Å². The molecule has 3 N–H and O–H groups in total. The van der Waals surface area contributed by atoms with Crippen LogP contribution in [-0.4, -0.2) is 70.4 Å². The van der Waals surface area contributed by atoms with Gasteiger partial charge in [-0.2, -0.15) is 13.2 Å². The highest BCUT2D eigenvalue weighted by molar-refractivity contribution is 6.17. The number of halogens is 4. The molecule has 3 rings (SSSR count). The Labute approximate surface area is 199 Å². The number of nitrogens with one attached hydrogen (secondary N) is 1. The predicted molar refractivity (Wildman–Crippen MR) is 121 cm³/mol. The van der Waals surface area contributed by atoms with Crippen LogP contribution in [0.5, 0.6) is 0 Å². The second-order valence-electron chi connectivity index (χ2n) is 7.93. The largest absolute Gasteiger partial charge is 0.417 e. The highest BCUT2D eigenvalue weighted by Crippen LogP contribution is 2.29. The number of ether oxygens (including phenoxy) is 1. The van der Waals surface area contributed by atoms with E-state index >= 15 is 0 Å². The number of morpholine rings is 1. The standard InChI is InChI=1S/C22H25F4N7O2/c1-12-11-33(21(34)16(9-28-3)19(27)20-31-7-15(23)8-32-20)17(13(2)35-12)10-30-18-5-4-14(6-29-18)22(24,25)26/h4-9,12-13,17H,10-11,27H2,1-3H3,(H,29,30)/b19-16+,28-9?. The number of hydrogen-bond acceptors (Lipinski definition) is 8. The monoisotopic (exact) mass is 495 g/mol. The zero-order chi connectivity index (χ0) is 25.8. The first kappa shape index (κ1) is 26.0. The lowest BCUT2D eigenvalue weighted by molar-refractivity contribution is -0.147. The third-order valence-corrected chi connectivity index (χ3v) is 5.33. The summed E-state index contributed by atoms with van der Waals surface area (Å²) in [5.74, 6) is -0.957. The van der Waals surface area contributed by atoms with E-state index in [1.807, 2.05) is 6.92 Å². The molecule has 1 aliphatic rings. The van der Waals surface area contributed by atoms with Crippen LogP contribution >= 0.6 is 0 Å². The van der Waals surface area contributed by atoms with Crippen LogP contribution in [0.1, 0.15) is 25.2 Å². The van der Waals surface area contributed by atoms with Crippen LogP contribution in [0.4, 0.5) is 23.4 Å². The van der Waals surface area contributed by atoms with E-state index in [1.165, 1.54) is 19.3 Å². The zero-order valence-corrected chi connectivity index (χ0v) is 19.3. The average molecular weight is 495 g/mol. The molecule has 35 heavy (non-hydrogen) atoms. The zero-order valence-electron chi connectivity index (χ0n) is 19.3. The van der Waals surface area contributed by atoms with Crippen LogP contribution in [0.15, 0.2) is 41.3 Å². The van der Waals surface area contributed by atoms with Gasteiger partial charge in [0.25, 0.3) is 5.91 Å². The van der Waals surface area contributed by atoms with Gasteiger partial charge in [-0.25, -0.2) is 19.3 Å². The lowest BCUT2D eigenvalue weighted by Gasteiger charge is -2.43. The number of amides is 1. The van der Waals surface area contributed by atoms with E-state index in [9.17, 15) is 22.4 Å². The first-order valence-corrected chi connectivity index (χ1v) is 10.6. The van der Waals surface area contributed by atoms with Crippen LogP contribution in [0.3, 0.4) is 0 Å². The van der Waals surface area contributed by atoms with Gasteiger partial charge in [0, 0.05) is 32.5 Å². The second kappa shape index (κ2) is 10.8. The van der Waals surface area contributed by atoms with Crippen molar-refractivity contribution in [2.75, 3.05) is 25.5 Å². The van der Waals surface area contributed by atoms with Gasteiger partial charge in [0.2, 0.25) is 0 Å². The van der Waals surface area contributed by atoms with Crippen molar-refractivity contribution in [2.45, 2.75) is 38.3 Å². The van der Waals surface area contributed by atoms with E-state index in [0.717, 1.165) is 24.7 Å². The maximum atomic E-state index is 13.6. The first-order valence-electron chi connectivity index (χ1n) is 10.6. The van der Waals surface area contributed by atoms with Gasteiger partial charge < -0.3 is 20.7 Å². The quantitative estimate of drug-likeness (QED) is 0.359. The number of aromatic nitrogens is 3. The fourth-order valence-electron chi connectivity index (χ4n) is 3.65. The number of pyridine rings is 1. The van der Waals surface area contributed by atoms with Gasteiger partial charge in [-0.15, -0.1) is 0 Å². The first-order chi connectivity index (χ1) is 16.5. The Morgan fingerprint density at radius 2 is 1.94 bits per heavy atom. The molecule has 2 aromatic rings. The second-order valence-corrected chi connectivity index (χ2v) is 7.93. The molecule has 2 aromatic heterocycles. The molecule has 0 spiro atoms. The molecule has 0 bridgehead atoms. The van der Waals surface area contributed by atoms with Crippen molar-refractivity contribution in [3.63, 3.8) is 0 Å². The Balaban J connectivity index is 1.86. The molecule has 1 aliphatic heterocycles. The van der Waals surface area contributed by atoms with Gasteiger partial charge in [-0.3, -0.25) is 9.79 Å². The van der Waals surface area contributed by atoms with Crippen molar-refractivity contribution >= 4 is 23.6 Å². The minimum Gasteiger partial charge on any atom is -0.395 e. The molecule has 0 aromatic carbocycles. The summed E-state index contributed by atoms with van der Waals surface area (Å²) < 4.78 is 57.5. The van der Waals surface area contributed by atoms with Crippen LogP contribution in [0.2, 0.25) is 0 Å². The van der Waals surface area contributed by atoms with Gasteiger partial charge >= 0.3 is 6.18 Å². The third-order valence-electron chi connectivity index (χ3n) is 5.33. The van der Waals surface area contributed by atoms with Crippen molar-refractivity contribution in [1.29, 1.82) is 0 Å². The Bertz CT molecular complexity index is 1090. The molecule has 13 heteroatoms. The molecule has 1 fully saturated rings. The molecule has 1 amide bonds. The summed E-state index contributed by atoms with van der Waals surface area (Å²) in [6.07, 6.45) is -1.33. The number of nitrogens with zero attached hydrogens (tertiary/aromatic N) is 5. The SMILES string of the molecule is CN=C/C(C(=O)N1CC(C)OC(C)C1CNc1ccc(C(F)(F)F)cn1)=C(\N)c1ncc(F)cn1. The van der Waals surface area contributed by atoms with Crippen molar-refractivity contribution in [1.82, 2.24) is 19.9 Å². The predicted octanol–water partition coefficient (Wildman–Crippen LogP) is 2.52. The van der Waals surface area contributed by atoms with E-state index in [4.69, 9.17) is 10.5 Å². The molecular weight excluding hydrogens is 470 g/mol. The van der Waals surface area contributed by atoms with Gasteiger partial charge in [0.05, 0.1) is 47.5 Å². The van der Waals surface area contributed by atoms with Gasteiger partial charge in [-0.05, 0) is 26.0 Å². The van der Waals surface area contributed by atoms with Crippen LogP contribution in [-0.2, 0) is 15.7 Å². The Morgan fingerprint density at radius 3 is 2.51 bits per heavy atom. The van der Waals surface area contributed by atoms with E-state index in [2.05, 4.69) is 25.3 Å². The summed E-state index contributed by atoms with van der Waals surface area (Å²) >= 11 is 0. The normalized spacial score (nSPS) is 21.7. The molecule has 0 saturated carbocycles. The maximum Gasteiger partial charge on any atom is 0.417 e. The van der Waals surface area contributed by atoms with Crippen molar-refractivity contribution in [3.8, 4) is 0 Å². The van der Waals surface area contributed by atoms with Crippen molar-refractivity contribution in [2.24, 2.45) is 10.7 Å². The fourth-order valence-corrected chi connectivity index (χ4v) is 3.65. The topological polar surface area (TPSA) is 119 Å². The van der Waals surface area contributed by atoms with Crippen molar-refractivity contribution < 1.29 is 27.1 Å². The highest BCUT2D eigenvalue weighted by atomic mass is 19.4. The highest BCUT2D eigenvalue weighted by Gasteiger charge is 2.37. The van der Waals surface area contributed by atoms with E-state index in [0.29, 0.717) is 0 Å². The summed E-state index contributed by atoms with van der Waals surface area (Å²) in [6.45, 7) is 3.95. The van der Waals surface area contributed by atoms with Crippen LogP contribution in [0.25, 0.3) is 5.70 Å². The van der Waals surface area contributed by atoms with E-state index in [-0.39, 0.29) is 42.1 Å². The van der Waals surface area contributed by atoms with Crippen LogP contribution in [0, 0.1) is 5.82 Å². The average Bonchev–Trinajstić information content (AvgIpc) is 2.81. The molecule has 1 saturated heterocycles. The summed E-state index contributed by atoms with van der Waals surface area (Å²) in [6, 6.07) is 1.61. The third kappa shape index (κ3) is 6.29. The number of hydrogen-bond donors (Lipinski definition) is 2. The Kier molecular flexibility index (Phi) is 7.99. The lowest BCUT2D eigenvalue weighted by Crippen LogP contribution is -2.58. The van der Waals surface area contributed by atoms with Gasteiger partial charge in [-0.1, -0.05) is 0 Å². The molecule has 3 unspecified atom stereocenters. The number of aliphatic imine (C=N–C) groups is 1. The smallest absolute Gasteiger partial charge is 0.395 e. The molecule has 9 nitrogen and oxygen atoms in total. The fraction of sp³-hybridized carbons (Fsp3) is 0.409. The number of alkyl halides is 3. The number of rotatable bonds is 6. The molecule has 3 heterocycles. The maximum absolute atomic E-state index is 13.6. The molecule has 188 valence electrons. The molecule has 0 aliphatic carbocycles. The number of nitrogens with two attached hydrogens (primary N) is 1. The summed E-state index contributed by atoms with van der Waals surface area (Å²) in [7, 11) is 1.46. The van der Waals surface area contributed by atoms with Gasteiger partial charge in [0.1, 0.15) is 5.82 Å². The summed E-state index contributed by atoms with van der Waals surface area (Å²) in [5, 5.41) is 2.96. The minimum atomic E-state index is -4.49. The van der Waals surface area contributed by atoms with E-state index < -0.39 is 35.6 Å². The Hall–Kier alpha value is -3.61.